The van der Waals surface area contributed by atoms with Gasteiger partial charge in [-0.1, -0.05) is 51.0 Å². The van der Waals surface area contributed by atoms with E-state index in [4.69, 9.17) is 5.10 Å². The van der Waals surface area contributed by atoms with Crippen molar-refractivity contribution in [1.29, 1.82) is 0 Å². The first-order chi connectivity index (χ1) is 9.97. The van der Waals surface area contributed by atoms with Crippen LogP contribution in [0, 0.1) is 0 Å². The van der Waals surface area contributed by atoms with Crippen LogP contribution in [0.3, 0.4) is 0 Å². The fourth-order valence-electron chi connectivity index (χ4n) is 3.27. The van der Waals surface area contributed by atoms with E-state index in [2.05, 4.69) is 11.5 Å². The van der Waals surface area contributed by atoms with Crippen LogP contribution in [-0.4, -0.2) is 12.3 Å². The quantitative estimate of drug-likeness (QED) is 0.618. The summed E-state index contributed by atoms with van der Waals surface area (Å²) in [5.41, 5.74) is 6.24. The molecule has 0 spiro atoms. The van der Waals surface area contributed by atoms with E-state index in [-0.39, 0.29) is 17.0 Å². The van der Waals surface area contributed by atoms with Crippen LogP contribution in [-0.2, 0) is 0 Å². The maximum Gasteiger partial charge on any atom is 0.0631 e. The SMILES string of the molecule is Br.C1=C(C2=NNCCCCCCC2)CCCCCCCC1. The van der Waals surface area contributed by atoms with E-state index in [1.807, 2.05) is 0 Å². The largest absolute Gasteiger partial charge is 0.310 e. The monoisotopic (exact) mass is 356 g/mol. The van der Waals surface area contributed by atoms with Gasteiger partial charge in [-0.2, -0.15) is 5.10 Å². The van der Waals surface area contributed by atoms with Crippen molar-refractivity contribution in [3.05, 3.63) is 11.6 Å². The molecule has 0 bridgehead atoms. The summed E-state index contributed by atoms with van der Waals surface area (Å²) in [5.74, 6) is 0. The number of nitrogens with one attached hydrogen (secondary N) is 1. The van der Waals surface area contributed by atoms with Crippen molar-refractivity contribution in [3.8, 4) is 0 Å². The second kappa shape index (κ2) is 12.3. The molecule has 1 N–H and O–H groups in total. The molecule has 2 rings (SSSR count). The van der Waals surface area contributed by atoms with E-state index in [0.717, 1.165) is 6.54 Å². The Hall–Kier alpha value is -0.310. The molecule has 3 heteroatoms. The molecule has 0 atom stereocenters. The molecule has 0 fully saturated rings. The number of allylic oxidation sites excluding steroid dienone is 2. The average molecular weight is 357 g/mol. The lowest BCUT2D eigenvalue weighted by molar-refractivity contribution is 0.573. The van der Waals surface area contributed by atoms with Crippen LogP contribution in [0.1, 0.15) is 89.9 Å². The minimum atomic E-state index is 0. The third kappa shape index (κ3) is 8.04. The van der Waals surface area contributed by atoms with Crippen LogP contribution in [0.4, 0.5) is 0 Å². The van der Waals surface area contributed by atoms with Crippen molar-refractivity contribution in [3.63, 3.8) is 0 Å². The second-order valence-electron chi connectivity index (χ2n) is 6.37. The number of rotatable bonds is 1. The van der Waals surface area contributed by atoms with Crippen molar-refractivity contribution < 1.29 is 0 Å². The van der Waals surface area contributed by atoms with Gasteiger partial charge in [-0.3, -0.25) is 0 Å². The van der Waals surface area contributed by atoms with Crippen LogP contribution >= 0.6 is 17.0 Å². The normalized spacial score (nSPS) is 22.9. The van der Waals surface area contributed by atoms with Gasteiger partial charge in [-0.05, 0) is 50.5 Å². The van der Waals surface area contributed by atoms with Gasteiger partial charge in [0.15, 0.2) is 0 Å². The fourth-order valence-corrected chi connectivity index (χ4v) is 3.27. The molecule has 0 aromatic rings. The van der Waals surface area contributed by atoms with E-state index in [1.165, 1.54) is 95.6 Å². The summed E-state index contributed by atoms with van der Waals surface area (Å²) in [6, 6.07) is 0. The lowest BCUT2D eigenvalue weighted by Crippen LogP contribution is -2.15. The van der Waals surface area contributed by atoms with Gasteiger partial charge in [0.2, 0.25) is 0 Å². The van der Waals surface area contributed by atoms with Gasteiger partial charge in [0.05, 0.1) is 5.71 Å². The topological polar surface area (TPSA) is 24.4 Å². The molecule has 1 heterocycles. The molecule has 0 saturated carbocycles. The second-order valence-corrected chi connectivity index (χ2v) is 6.37. The Morgan fingerprint density at radius 2 is 1.33 bits per heavy atom. The smallest absolute Gasteiger partial charge is 0.0631 e. The molecule has 0 aromatic heterocycles. The molecular formula is C18H33BrN2. The summed E-state index contributed by atoms with van der Waals surface area (Å²) >= 11 is 0. The Labute approximate surface area is 141 Å². The highest BCUT2D eigenvalue weighted by Crippen LogP contribution is 2.20. The van der Waals surface area contributed by atoms with Crippen LogP contribution in [0.2, 0.25) is 0 Å². The van der Waals surface area contributed by atoms with E-state index >= 15 is 0 Å². The molecule has 0 amide bonds. The summed E-state index contributed by atoms with van der Waals surface area (Å²) < 4.78 is 0. The number of halogens is 1. The number of hydrogen-bond donors (Lipinski definition) is 1. The summed E-state index contributed by atoms with van der Waals surface area (Å²) in [6.45, 7) is 1.05. The molecule has 1 aliphatic heterocycles. The number of nitrogens with zero attached hydrogens (tertiary/aromatic N) is 1. The number of hydrazone groups is 1. The van der Waals surface area contributed by atoms with Crippen LogP contribution in [0.25, 0.3) is 0 Å². The number of hydrogen-bond acceptors (Lipinski definition) is 2. The Balaban J connectivity index is 0.00000220. The Morgan fingerprint density at radius 1 is 0.714 bits per heavy atom. The zero-order valence-corrected chi connectivity index (χ0v) is 15.3. The van der Waals surface area contributed by atoms with Gasteiger partial charge in [0.25, 0.3) is 0 Å². The van der Waals surface area contributed by atoms with Gasteiger partial charge in [-0.15, -0.1) is 17.0 Å². The van der Waals surface area contributed by atoms with Crippen molar-refractivity contribution >= 4 is 22.7 Å². The van der Waals surface area contributed by atoms with Crippen molar-refractivity contribution in [2.45, 2.75) is 89.9 Å². The highest BCUT2D eigenvalue weighted by Gasteiger charge is 2.09. The van der Waals surface area contributed by atoms with Crippen molar-refractivity contribution in [1.82, 2.24) is 5.43 Å². The summed E-state index contributed by atoms with van der Waals surface area (Å²) in [6.07, 6.45) is 21.3. The minimum Gasteiger partial charge on any atom is -0.310 e. The molecular weight excluding hydrogens is 324 g/mol. The molecule has 0 saturated heterocycles. The Bertz CT molecular complexity index is 291. The molecule has 2 nitrogen and oxygen atoms in total. The van der Waals surface area contributed by atoms with Crippen molar-refractivity contribution in [2.75, 3.05) is 6.54 Å². The van der Waals surface area contributed by atoms with Gasteiger partial charge in [0.1, 0.15) is 0 Å². The van der Waals surface area contributed by atoms with E-state index < -0.39 is 0 Å². The molecule has 2 aliphatic rings. The van der Waals surface area contributed by atoms with Gasteiger partial charge >= 0.3 is 0 Å². The van der Waals surface area contributed by atoms with Crippen LogP contribution in [0.15, 0.2) is 16.8 Å². The van der Waals surface area contributed by atoms with Gasteiger partial charge < -0.3 is 5.43 Å². The van der Waals surface area contributed by atoms with Crippen molar-refractivity contribution in [2.24, 2.45) is 5.10 Å². The van der Waals surface area contributed by atoms with Gasteiger partial charge in [0, 0.05) is 6.54 Å². The predicted molar refractivity (Wildman–Crippen MR) is 98.5 cm³/mol. The first-order valence-corrected chi connectivity index (χ1v) is 8.95. The zero-order chi connectivity index (χ0) is 13.9. The maximum atomic E-state index is 4.73. The lowest BCUT2D eigenvalue weighted by atomic mass is 9.94. The highest BCUT2D eigenvalue weighted by molar-refractivity contribution is 8.93. The highest BCUT2D eigenvalue weighted by atomic mass is 79.9. The van der Waals surface area contributed by atoms with E-state index in [1.54, 1.807) is 5.57 Å². The fraction of sp³-hybridized carbons (Fsp3) is 0.833. The maximum absolute atomic E-state index is 4.73. The van der Waals surface area contributed by atoms with E-state index in [0.29, 0.717) is 0 Å². The first-order valence-electron chi connectivity index (χ1n) is 8.95. The first kappa shape index (κ1) is 18.7. The third-order valence-electron chi connectivity index (χ3n) is 4.58. The third-order valence-corrected chi connectivity index (χ3v) is 4.58. The Kier molecular flexibility index (Phi) is 10.9. The summed E-state index contributed by atoms with van der Waals surface area (Å²) in [5, 5.41) is 4.73. The molecule has 21 heavy (non-hydrogen) atoms. The molecule has 0 unspecified atom stereocenters. The minimum absolute atomic E-state index is 0. The molecule has 0 radical (unpaired) electrons. The Morgan fingerprint density at radius 3 is 2.14 bits per heavy atom. The summed E-state index contributed by atoms with van der Waals surface area (Å²) in [7, 11) is 0. The van der Waals surface area contributed by atoms with Crippen LogP contribution < -0.4 is 5.43 Å². The van der Waals surface area contributed by atoms with Crippen LogP contribution in [0.5, 0.6) is 0 Å². The standard InChI is InChI=1S/C18H32N2.BrH/c1-2-5-9-13-17(14-10-6-3-1)18-15-11-7-4-8-12-16-19-20-18;/h13,19H,1-12,14-16H2;1H. The predicted octanol–water partition coefficient (Wildman–Crippen LogP) is 5.92. The molecule has 1 aliphatic carbocycles. The van der Waals surface area contributed by atoms with Gasteiger partial charge in [-0.25, -0.2) is 0 Å². The zero-order valence-electron chi connectivity index (χ0n) is 13.5. The van der Waals surface area contributed by atoms with E-state index in [9.17, 15) is 0 Å². The molecule has 122 valence electrons. The lowest BCUT2D eigenvalue weighted by Gasteiger charge is -2.15. The average Bonchev–Trinajstić information content (AvgIpc) is 2.50. The summed E-state index contributed by atoms with van der Waals surface area (Å²) in [4.78, 5) is 0. The molecule has 0 aromatic carbocycles.